The monoisotopic (exact) mass is 347 g/mol. The number of nitrogens with zero attached hydrogens (tertiary/aromatic N) is 2. The van der Waals surface area contributed by atoms with Crippen LogP contribution in [-0.4, -0.2) is 27.6 Å². The number of ether oxygens (including phenoxy) is 1. The molecule has 0 fully saturated rings. The number of carbonyl (C=O) groups is 1. The molecule has 1 N–H and O–H groups in total. The first kappa shape index (κ1) is 18.4. The van der Waals surface area contributed by atoms with E-state index in [-0.39, 0.29) is 18.1 Å². The molecule has 1 aromatic heterocycles. The van der Waals surface area contributed by atoms with Crippen molar-refractivity contribution in [2.24, 2.45) is 0 Å². The minimum atomic E-state index is -0.0740. The van der Waals surface area contributed by atoms with Crippen LogP contribution in [0.4, 0.5) is 0 Å². The Bertz CT molecular complexity index is 653. The summed E-state index contributed by atoms with van der Waals surface area (Å²) in [6, 6.07) is 8.24. The molecule has 1 amide bonds. The molecule has 1 aromatic carbocycles. The molecule has 24 heavy (non-hydrogen) atoms. The Kier molecular flexibility index (Phi) is 6.73. The molecule has 2 aromatic rings. The lowest BCUT2D eigenvalue weighted by molar-refractivity contribution is 0.0941. The summed E-state index contributed by atoms with van der Waals surface area (Å²) in [6.45, 7) is 8.03. The number of hydrogen-bond acceptors (Lipinski definition) is 5. The van der Waals surface area contributed by atoms with E-state index < -0.39 is 0 Å². The van der Waals surface area contributed by atoms with Crippen LogP contribution in [0.1, 0.15) is 55.0 Å². The van der Waals surface area contributed by atoms with Gasteiger partial charge in [0.2, 0.25) is 0 Å². The van der Waals surface area contributed by atoms with Crippen molar-refractivity contribution in [1.29, 1.82) is 0 Å². The second kappa shape index (κ2) is 8.78. The molecule has 1 atom stereocenters. The standard InChI is InChI=1S/C18H25N3O2S/c1-5-16-17(24-21-20-16)18(22)19-13(4)6-7-14-8-10-15(11-9-14)23-12(2)3/h8-13H,5-7H2,1-4H3,(H,19,22)/t13-/m0/s1. The second-order valence-corrected chi connectivity index (χ2v) is 6.88. The Morgan fingerprint density at radius 3 is 2.58 bits per heavy atom. The summed E-state index contributed by atoms with van der Waals surface area (Å²) in [4.78, 5) is 12.9. The largest absolute Gasteiger partial charge is 0.491 e. The molecule has 0 radical (unpaired) electrons. The fraction of sp³-hybridized carbons (Fsp3) is 0.500. The summed E-state index contributed by atoms with van der Waals surface area (Å²) >= 11 is 1.16. The van der Waals surface area contributed by atoms with Gasteiger partial charge >= 0.3 is 0 Å². The lowest BCUT2D eigenvalue weighted by atomic mass is 10.1. The molecule has 0 bridgehead atoms. The highest BCUT2D eigenvalue weighted by Gasteiger charge is 2.16. The van der Waals surface area contributed by atoms with Crippen molar-refractivity contribution >= 4 is 17.4 Å². The highest BCUT2D eigenvalue weighted by atomic mass is 32.1. The van der Waals surface area contributed by atoms with E-state index >= 15 is 0 Å². The van der Waals surface area contributed by atoms with Gasteiger partial charge in [0.1, 0.15) is 10.6 Å². The minimum Gasteiger partial charge on any atom is -0.491 e. The maximum absolute atomic E-state index is 12.3. The van der Waals surface area contributed by atoms with E-state index in [1.54, 1.807) is 0 Å². The number of aryl methyl sites for hydroxylation is 2. The highest BCUT2D eigenvalue weighted by molar-refractivity contribution is 7.08. The number of benzene rings is 1. The van der Waals surface area contributed by atoms with Gasteiger partial charge in [0.25, 0.3) is 5.91 Å². The van der Waals surface area contributed by atoms with Crippen molar-refractivity contribution in [3.63, 3.8) is 0 Å². The van der Waals surface area contributed by atoms with E-state index in [2.05, 4.69) is 27.0 Å². The normalized spacial score (nSPS) is 12.2. The fourth-order valence-corrected chi connectivity index (χ4v) is 3.02. The van der Waals surface area contributed by atoms with E-state index in [4.69, 9.17) is 4.74 Å². The smallest absolute Gasteiger partial charge is 0.265 e. The summed E-state index contributed by atoms with van der Waals surface area (Å²) in [5.41, 5.74) is 2.01. The fourth-order valence-electron chi connectivity index (χ4n) is 2.36. The summed E-state index contributed by atoms with van der Waals surface area (Å²) in [6.07, 6.45) is 2.69. The zero-order chi connectivity index (χ0) is 17.5. The zero-order valence-electron chi connectivity index (χ0n) is 14.7. The predicted molar refractivity (Wildman–Crippen MR) is 96.7 cm³/mol. The molecular formula is C18H25N3O2S. The average Bonchev–Trinajstić information content (AvgIpc) is 3.02. The number of nitrogens with one attached hydrogen (secondary N) is 1. The molecule has 0 aliphatic rings. The third-order valence-corrected chi connectivity index (χ3v) is 4.40. The molecular weight excluding hydrogens is 322 g/mol. The summed E-state index contributed by atoms with van der Waals surface area (Å²) in [7, 11) is 0. The first-order valence-corrected chi connectivity index (χ1v) is 9.14. The summed E-state index contributed by atoms with van der Waals surface area (Å²) in [5, 5.41) is 7.01. The topological polar surface area (TPSA) is 64.1 Å². The summed E-state index contributed by atoms with van der Waals surface area (Å²) in [5.74, 6) is 0.815. The maximum atomic E-state index is 12.3. The van der Waals surface area contributed by atoms with Crippen LogP contribution in [0.25, 0.3) is 0 Å². The SMILES string of the molecule is CCc1nnsc1C(=O)N[C@@H](C)CCc1ccc(OC(C)C)cc1. The van der Waals surface area contributed by atoms with Crippen molar-refractivity contribution in [1.82, 2.24) is 14.9 Å². The number of carbonyl (C=O) groups excluding carboxylic acids is 1. The molecule has 1 heterocycles. The number of amides is 1. The third-order valence-electron chi connectivity index (χ3n) is 3.64. The van der Waals surface area contributed by atoms with Crippen LogP contribution in [0.15, 0.2) is 24.3 Å². The predicted octanol–water partition coefficient (Wildman–Crippen LogP) is 3.64. The van der Waals surface area contributed by atoms with Crippen molar-refractivity contribution < 1.29 is 9.53 Å². The van der Waals surface area contributed by atoms with Crippen molar-refractivity contribution in [3.05, 3.63) is 40.4 Å². The van der Waals surface area contributed by atoms with Crippen LogP contribution in [0.3, 0.4) is 0 Å². The van der Waals surface area contributed by atoms with Gasteiger partial charge in [-0.15, -0.1) is 5.10 Å². The van der Waals surface area contributed by atoms with Gasteiger partial charge in [-0.25, -0.2) is 0 Å². The van der Waals surface area contributed by atoms with Crippen LogP contribution in [-0.2, 0) is 12.8 Å². The van der Waals surface area contributed by atoms with E-state index in [0.29, 0.717) is 4.88 Å². The van der Waals surface area contributed by atoms with Crippen molar-refractivity contribution in [2.45, 2.75) is 59.1 Å². The lowest BCUT2D eigenvalue weighted by Gasteiger charge is -2.14. The lowest BCUT2D eigenvalue weighted by Crippen LogP contribution is -2.32. The number of rotatable bonds is 8. The molecule has 0 saturated carbocycles. The van der Waals surface area contributed by atoms with E-state index in [0.717, 1.165) is 42.2 Å². The van der Waals surface area contributed by atoms with Crippen LogP contribution >= 0.6 is 11.5 Å². The van der Waals surface area contributed by atoms with E-state index in [1.807, 2.05) is 39.8 Å². The van der Waals surface area contributed by atoms with Crippen LogP contribution in [0.2, 0.25) is 0 Å². The van der Waals surface area contributed by atoms with Gasteiger partial charge < -0.3 is 10.1 Å². The van der Waals surface area contributed by atoms with Gasteiger partial charge in [-0.05, 0) is 69.3 Å². The molecule has 2 rings (SSSR count). The Balaban J connectivity index is 1.82. The molecule has 130 valence electrons. The number of hydrogen-bond donors (Lipinski definition) is 1. The molecule has 6 heteroatoms. The maximum Gasteiger partial charge on any atom is 0.265 e. The van der Waals surface area contributed by atoms with Crippen LogP contribution < -0.4 is 10.1 Å². The molecule has 0 unspecified atom stereocenters. The molecule has 0 spiro atoms. The quantitative estimate of drug-likeness (QED) is 0.792. The zero-order valence-corrected chi connectivity index (χ0v) is 15.5. The van der Waals surface area contributed by atoms with Crippen molar-refractivity contribution in [3.8, 4) is 5.75 Å². The van der Waals surface area contributed by atoms with Gasteiger partial charge in [-0.1, -0.05) is 23.5 Å². The molecule has 5 nitrogen and oxygen atoms in total. The van der Waals surface area contributed by atoms with Gasteiger partial charge in [-0.2, -0.15) is 0 Å². The molecule has 0 aliphatic carbocycles. The minimum absolute atomic E-state index is 0.0740. The molecule has 0 saturated heterocycles. The Morgan fingerprint density at radius 2 is 1.96 bits per heavy atom. The molecule has 0 aliphatic heterocycles. The first-order valence-electron chi connectivity index (χ1n) is 8.37. The van der Waals surface area contributed by atoms with Gasteiger partial charge in [0.05, 0.1) is 11.8 Å². The van der Waals surface area contributed by atoms with Gasteiger partial charge in [0, 0.05) is 6.04 Å². The van der Waals surface area contributed by atoms with E-state index in [1.165, 1.54) is 5.56 Å². The second-order valence-electron chi connectivity index (χ2n) is 6.13. The highest BCUT2D eigenvalue weighted by Crippen LogP contribution is 2.16. The number of aromatic nitrogens is 2. The summed E-state index contributed by atoms with van der Waals surface area (Å²) < 4.78 is 9.51. The Hall–Kier alpha value is -1.95. The van der Waals surface area contributed by atoms with Crippen molar-refractivity contribution in [2.75, 3.05) is 0 Å². The third kappa shape index (κ3) is 5.30. The van der Waals surface area contributed by atoms with Crippen LogP contribution in [0.5, 0.6) is 5.75 Å². The Labute approximate surface area is 147 Å². The van der Waals surface area contributed by atoms with Gasteiger partial charge in [-0.3, -0.25) is 4.79 Å². The van der Waals surface area contributed by atoms with Gasteiger partial charge in [0.15, 0.2) is 0 Å². The van der Waals surface area contributed by atoms with E-state index in [9.17, 15) is 4.79 Å². The van der Waals surface area contributed by atoms with Crippen LogP contribution in [0, 0.1) is 0 Å². The average molecular weight is 347 g/mol. The Morgan fingerprint density at radius 1 is 1.25 bits per heavy atom. The first-order chi connectivity index (χ1) is 11.5.